The molecule has 0 fully saturated rings. The van der Waals surface area contributed by atoms with Gasteiger partial charge in [0.15, 0.2) is 5.78 Å². The Hall–Kier alpha value is -2.41. The summed E-state index contributed by atoms with van der Waals surface area (Å²) < 4.78 is 0. The second-order valence-electron chi connectivity index (χ2n) is 7.61. The first-order valence-electron chi connectivity index (χ1n) is 8.56. The van der Waals surface area contributed by atoms with E-state index in [4.69, 9.17) is 0 Å². The van der Waals surface area contributed by atoms with Gasteiger partial charge in [0.05, 0.1) is 5.41 Å². The number of Topliss-reactive ketones (excluding diaryl/α,β-unsaturated/α-hetero) is 1. The van der Waals surface area contributed by atoms with Crippen molar-refractivity contribution in [2.75, 3.05) is 0 Å². The van der Waals surface area contributed by atoms with E-state index in [9.17, 15) is 4.79 Å². The molecule has 120 valence electrons. The van der Waals surface area contributed by atoms with Gasteiger partial charge in [-0.3, -0.25) is 4.79 Å². The summed E-state index contributed by atoms with van der Waals surface area (Å²) in [7, 11) is 0. The van der Waals surface area contributed by atoms with Crippen LogP contribution in [0.5, 0.6) is 0 Å². The van der Waals surface area contributed by atoms with Gasteiger partial charge in [-0.25, -0.2) is 0 Å². The monoisotopic (exact) mass is 314 g/mol. The number of carbonyl (C=O) groups is 1. The fourth-order valence-corrected chi connectivity index (χ4v) is 4.51. The van der Waals surface area contributed by atoms with Crippen LogP contribution in [-0.4, -0.2) is 5.78 Å². The van der Waals surface area contributed by atoms with Crippen LogP contribution < -0.4 is 0 Å². The summed E-state index contributed by atoms with van der Waals surface area (Å²) >= 11 is 0. The minimum atomic E-state index is -0.565. The molecule has 0 amide bonds. The highest BCUT2D eigenvalue weighted by atomic mass is 16.1. The number of allylic oxidation sites excluding steroid dienone is 4. The summed E-state index contributed by atoms with van der Waals surface area (Å²) in [6, 6.07) is 20.9. The lowest BCUT2D eigenvalue weighted by atomic mass is 9.50. The maximum atomic E-state index is 13.3. The molecule has 2 unspecified atom stereocenters. The number of hydrogen-bond acceptors (Lipinski definition) is 1. The molecule has 0 saturated heterocycles. The Labute approximate surface area is 143 Å². The molecule has 2 aromatic rings. The first kappa shape index (κ1) is 15.1. The quantitative estimate of drug-likeness (QED) is 0.678. The Morgan fingerprint density at radius 3 is 1.92 bits per heavy atom. The number of fused-ring (bicyclic) bond motifs is 1. The molecule has 1 nitrogen and oxygen atoms in total. The first-order valence-corrected chi connectivity index (χ1v) is 8.56. The van der Waals surface area contributed by atoms with Crippen LogP contribution in [0.15, 0.2) is 72.8 Å². The first-order chi connectivity index (χ1) is 11.5. The number of carbonyl (C=O) groups excluding carboxylic acids is 1. The molecular formula is C23H22O. The molecule has 5 rings (SSSR count). The molecule has 0 N–H and O–H groups in total. The van der Waals surface area contributed by atoms with Crippen LogP contribution >= 0.6 is 0 Å². The van der Waals surface area contributed by atoms with Crippen molar-refractivity contribution in [3.63, 3.8) is 0 Å². The van der Waals surface area contributed by atoms with Crippen molar-refractivity contribution in [3.8, 4) is 0 Å². The lowest BCUT2D eigenvalue weighted by Crippen LogP contribution is -2.50. The van der Waals surface area contributed by atoms with Crippen molar-refractivity contribution < 1.29 is 4.79 Å². The van der Waals surface area contributed by atoms with E-state index < -0.39 is 5.41 Å². The molecular weight excluding hydrogens is 292 g/mol. The van der Waals surface area contributed by atoms with Gasteiger partial charge >= 0.3 is 0 Å². The maximum absolute atomic E-state index is 13.3. The van der Waals surface area contributed by atoms with Crippen LogP contribution in [0.1, 0.15) is 31.9 Å². The molecule has 0 heterocycles. The summed E-state index contributed by atoms with van der Waals surface area (Å²) in [4.78, 5) is 13.3. The topological polar surface area (TPSA) is 17.1 Å². The third-order valence-corrected chi connectivity index (χ3v) is 5.70. The van der Waals surface area contributed by atoms with Gasteiger partial charge in [0.1, 0.15) is 0 Å². The summed E-state index contributed by atoms with van der Waals surface area (Å²) in [5.41, 5.74) is 3.90. The fourth-order valence-electron chi connectivity index (χ4n) is 4.51. The fraction of sp³-hybridized carbons (Fsp3) is 0.261. The molecule has 0 saturated carbocycles. The van der Waals surface area contributed by atoms with Crippen molar-refractivity contribution in [2.24, 2.45) is 16.7 Å². The van der Waals surface area contributed by atoms with E-state index >= 15 is 0 Å². The van der Waals surface area contributed by atoms with Crippen LogP contribution in [0.25, 0.3) is 11.1 Å². The summed E-state index contributed by atoms with van der Waals surface area (Å²) in [5.74, 6) is 0.436. The Morgan fingerprint density at radius 1 is 0.792 bits per heavy atom. The van der Waals surface area contributed by atoms with E-state index in [0.717, 1.165) is 5.56 Å². The average molecular weight is 314 g/mol. The SMILES string of the molecule is CC12C=CC(C(c3ccccc3)=C1c1ccccc1)C(C)(C)C2=O. The molecule has 1 heteroatoms. The molecule has 3 aliphatic rings. The van der Waals surface area contributed by atoms with E-state index in [2.05, 4.69) is 81.5 Å². The standard InChI is InChI=1S/C23H22O/c1-22(2)18-14-15-23(3,21(22)24)20(17-12-8-5-9-13-17)19(18)16-10-6-4-7-11-16/h4-15,18H,1-3H3. The van der Waals surface area contributed by atoms with Gasteiger partial charge in [-0.05, 0) is 29.2 Å². The number of rotatable bonds is 2. The lowest BCUT2D eigenvalue weighted by molar-refractivity contribution is -0.134. The molecule has 2 atom stereocenters. The minimum Gasteiger partial charge on any atom is -0.298 e. The van der Waals surface area contributed by atoms with Gasteiger partial charge in [0, 0.05) is 11.3 Å². The molecule has 0 aromatic heterocycles. The highest BCUT2D eigenvalue weighted by molar-refractivity contribution is 6.15. The highest BCUT2D eigenvalue weighted by Gasteiger charge is 2.56. The maximum Gasteiger partial charge on any atom is 0.153 e. The minimum absolute atomic E-state index is 0.115. The van der Waals surface area contributed by atoms with Crippen LogP contribution in [0, 0.1) is 16.7 Å². The highest BCUT2D eigenvalue weighted by Crippen LogP contribution is 2.60. The van der Waals surface area contributed by atoms with Crippen molar-refractivity contribution in [3.05, 3.63) is 83.9 Å². The zero-order chi connectivity index (χ0) is 16.9. The van der Waals surface area contributed by atoms with Crippen molar-refractivity contribution >= 4 is 16.9 Å². The summed E-state index contributed by atoms with van der Waals surface area (Å²) in [5, 5.41) is 0. The smallest absolute Gasteiger partial charge is 0.153 e. The number of hydrogen-bond donors (Lipinski definition) is 0. The lowest BCUT2D eigenvalue weighted by Gasteiger charge is -2.51. The van der Waals surface area contributed by atoms with E-state index in [-0.39, 0.29) is 11.3 Å². The van der Waals surface area contributed by atoms with Gasteiger partial charge < -0.3 is 0 Å². The Bertz CT molecular complexity index is 855. The predicted octanol–water partition coefficient (Wildman–Crippen LogP) is 5.40. The largest absolute Gasteiger partial charge is 0.298 e. The number of benzene rings is 2. The molecule has 0 aliphatic heterocycles. The zero-order valence-corrected chi connectivity index (χ0v) is 14.4. The Balaban J connectivity index is 2.08. The van der Waals surface area contributed by atoms with E-state index in [1.54, 1.807) is 0 Å². The molecule has 2 bridgehead atoms. The second kappa shape index (κ2) is 5.04. The molecule has 0 spiro atoms. The van der Waals surface area contributed by atoms with Crippen LogP contribution in [0.3, 0.4) is 0 Å². The van der Waals surface area contributed by atoms with Gasteiger partial charge in [-0.15, -0.1) is 0 Å². The average Bonchev–Trinajstić information content (AvgIpc) is 2.60. The van der Waals surface area contributed by atoms with Crippen LogP contribution in [0.2, 0.25) is 0 Å². The Morgan fingerprint density at radius 2 is 1.33 bits per heavy atom. The van der Waals surface area contributed by atoms with Crippen molar-refractivity contribution in [1.82, 2.24) is 0 Å². The summed E-state index contributed by atoms with van der Waals surface area (Å²) in [6.45, 7) is 6.26. The van der Waals surface area contributed by atoms with Crippen LogP contribution in [-0.2, 0) is 4.79 Å². The molecule has 0 radical (unpaired) electrons. The Kier molecular flexibility index (Phi) is 3.18. The van der Waals surface area contributed by atoms with Crippen molar-refractivity contribution in [1.29, 1.82) is 0 Å². The van der Waals surface area contributed by atoms with Gasteiger partial charge in [0.2, 0.25) is 0 Å². The van der Waals surface area contributed by atoms with Crippen molar-refractivity contribution in [2.45, 2.75) is 20.8 Å². The van der Waals surface area contributed by atoms with E-state index in [0.29, 0.717) is 5.78 Å². The van der Waals surface area contributed by atoms with Gasteiger partial charge in [-0.2, -0.15) is 0 Å². The zero-order valence-electron chi connectivity index (χ0n) is 14.4. The third-order valence-electron chi connectivity index (χ3n) is 5.70. The van der Waals surface area contributed by atoms with E-state index in [1.165, 1.54) is 16.7 Å². The normalized spacial score (nSPS) is 27.6. The number of ketones is 1. The van der Waals surface area contributed by atoms with Crippen LogP contribution in [0.4, 0.5) is 0 Å². The van der Waals surface area contributed by atoms with E-state index in [1.807, 2.05) is 12.1 Å². The van der Waals surface area contributed by atoms with Gasteiger partial charge in [-0.1, -0.05) is 86.7 Å². The third kappa shape index (κ3) is 1.91. The molecule has 2 aromatic carbocycles. The summed E-state index contributed by atoms with van der Waals surface area (Å²) in [6.07, 6.45) is 4.37. The second-order valence-corrected chi connectivity index (χ2v) is 7.61. The molecule has 3 aliphatic carbocycles. The predicted molar refractivity (Wildman–Crippen MR) is 99.2 cm³/mol. The van der Waals surface area contributed by atoms with Gasteiger partial charge in [0.25, 0.3) is 0 Å². The molecule has 24 heavy (non-hydrogen) atoms.